The number of nitrogens with zero attached hydrogens (tertiary/aromatic N) is 1. The van der Waals surface area contributed by atoms with E-state index in [0.29, 0.717) is 0 Å². The largest absolute Gasteiger partial charge is 0.343 e. The van der Waals surface area contributed by atoms with Gasteiger partial charge in [-0.2, -0.15) is 0 Å². The lowest BCUT2D eigenvalue weighted by Gasteiger charge is -2.30. The third kappa shape index (κ3) is 5.37. The molecule has 0 aromatic heterocycles. The Labute approximate surface area is 121 Å². The van der Waals surface area contributed by atoms with Crippen molar-refractivity contribution in [3.05, 3.63) is 0 Å². The molecular weight excluding hydrogens is 266 g/mol. The fourth-order valence-corrected chi connectivity index (χ4v) is 2.06. The fraction of sp³-hybridized carbons (Fsp3) is 0.846. The first-order chi connectivity index (χ1) is 8.43. The zero-order chi connectivity index (χ0) is 13.7. The summed E-state index contributed by atoms with van der Waals surface area (Å²) in [5.74, 6) is -0.177. The van der Waals surface area contributed by atoms with Crippen LogP contribution in [0.3, 0.4) is 0 Å². The molecule has 0 aliphatic carbocycles. The van der Waals surface area contributed by atoms with Crippen molar-refractivity contribution in [1.29, 1.82) is 0 Å². The van der Waals surface area contributed by atoms with E-state index in [2.05, 4.69) is 5.32 Å². The minimum Gasteiger partial charge on any atom is -0.343 e. The van der Waals surface area contributed by atoms with Gasteiger partial charge in [0.15, 0.2) is 0 Å². The van der Waals surface area contributed by atoms with Crippen LogP contribution in [0.5, 0.6) is 0 Å². The van der Waals surface area contributed by atoms with Gasteiger partial charge in [0, 0.05) is 13.1 Å². The second-order valence-electron chi connectivity index (χ2n) is 5.39. The fourth-order valence-electron chi connectivity index (χ4n) is 2.06. The Kier molecular flexibility index (Phi) is 8.02. The maximum atomic E-state index is 12.1. The van der Waals surface area contributed by atoms with Crippen LogP contribution in [0.15, 0.2) is 0 Å². The Hall–Kier alpha value is -0.810. The number of likely N-dealkylation sites (tertiary alicyclic amines) is 1. The van der Waals surface area contributed by atoms with Crippen LogP contribution in [-0.2, 0) is 9.59 Å². The molecule has 0 radical (unpaired) electrons. The van der Waals surface area contributed by atoms with Crippen molar-refractivity contribution in [1.82, 2.24) is 10.2 Å². The van der Waals surface area contributed by atoms with Gasteiger partial charge in [-0.1, -0.05) is 13.8 Å². The van der Waals surface area contributed by atoms with E-state index in [1.54, 1.807) is 6.92 Å². The summed E-state index contributed by atoms with van der Waals surface area (Å²) >= 11 is 0. The smallest absolute Gasteiger partial charge is 0.244 e. The lowest BCUT2D eigenvalue weighted by molar-refractivity contribution is -0.137. The van der Waals surface area contributed by atoms with E-state index < -0.39 is 12.1 Å². The van der Waals surface area contributed by atoms with Crippen molar-refractivity contribution in [3.8, 4) is 0 Å². The number of nitrogens with two attached hydrogens (primary N) is 1. The highest BCUT2D eigenvalue weighted by molar-refractivity contribution is 5.89. The molecule has 0 aromatic carbocycles. The Bertz CT molecular complexity index is 304. The summed E-state index contributed by atoms with van der Waals surface area (Å²) in [5.41, 5.74) is 5.75. The van der Waals surface area contributed by atoms with Crippen molar-refractivity contribution < 1.29 is 9.59 Å². The highest BCUT2D eigenvalue weighted by Gasteiger charge is 2.25. The molecule has 0 spiro atoms. The molecule has 0 saturated carbocycles. The van der Waals surface area contributed by atoms with Gasteiger partial charge in [-0.05, 0) is 32.1 Å². The molecule has 1 saturated heterocycles. The number of rotatable bonds is 4. The second kappa shape index (κ2) is 8.38. The summed E-state index contributed by atoms with van der Waals surface area (Å²) < 4.78 is 0. The van der Waals surface area contributed by atoms with Gasteiger partial charge in [0.05, 0.1) is 6.04 Å². The van der Waals surface area contributed by atoms with Gasteiger partial charge in [-0.3, -0.25) is 9.59 Å². The van der Waals surface area contributed by atoms with E-state index in [0.717, 1.165) is 25.9 Å². The van der Waals surface area contributed by atoms with Crippen LogP contribution in [0.1, 0.15) is 40.0 Å². The average Bonchev–Trinajstić information content (AvgIpc) is 2.37. The number of carbonyl (C=O) groups excluding carboxylic acids is 2. The first kappa shape index (κ1) is 18.2. The average molecular weight is 292 g/mol. The molecule has 3 N–H and O–H groups in total. The Balaban J connectivity index is 0.00000324. The summed E-state index contributed by atoms with van der Waals surface area (Å²) in [6.07, 6.45) is 3.29. The Morgan fingerprint density at radius 2 is 1.63 bits per heavy atom. The summed E-state index contributed by atoms with van der Waals surface area (Å²) in [4.78, 5) is 25.7. The van der Waals surface area contributed by atoms with Crippen LogP contribution >= 0.6 is 12.4 Å². The molecule has 1 fully saturated rings. The van der Waals surface area contributed by atoms with E-state index in [1.807, 2.05) is 18.7 Å². The molecule has 1 aliphatic heterocycles. The standard InChI is InChI=1S/C13H25N3O2.ClH/c1-9(2)11(14)12(17)15-10(3)13(18)16-7-5-4-6-8-16;/h9-11H,4-8,14H2,1-3H3,(H,15,17);1H/t10?,11-;/m0./s1. The third-order valence-electron chi connectivity index (χ3n) is 3.42. The van der Waals surface area contributed by atoms with Crippen LogP contribution in [-0.4, -0.2) is 41.9 Å². The maximum absolute atomic E-state index is 12.1. The highest BCUT2D eigenvalue weighted by Crippen LogP contribution is 2.10. The predicted octanol–water partition coefficient (Wildman–Crippen LogP) is 0.909. The van der Waals surface area contributed by atoms with Crippen molar-refractivity contribution in [3.63, 3.8) is 0 Å². The number of nitrogens with one attached hydrogen (secondary N) is 1. The van der Waals surface area contributed by atoms with Gasteiger partial charge in [0.25, 0.3) is 0 Å². The molecule has 19 heavy (non-hydrogen) atoms. The Morgan fingerprint density at radius 1 is 1.11 bits per heavy atom. The molecule has 0 bridgehead atoms. The first-order valence-electron chi connectivity index (χ1n) is 6.78. The molecule has 1 rings (SSSR count). The van der Waals surface area contributed by atoms with Gasteiger partial charge in [-0.25, -0.2) is 0 Å². The van der Waals surface area contributed by atoms with Gasteiger partial charge in [0.1, 0.15) is 6.04 Å². The maximum Gasteiger partial charge on any atom is 0.244 e. The van der Waals surface area contributed by atoms with Crippen molar-refractivity contribution in [2.24, 2.45) is 11.7 Å². The molecule has 2 atom stereocenters. The van der Waals surface area contributed by atoms with E-state index >= 15 is 0 Å². The van der Waals surface area contributed by atoms with Crippen LogP contribution in [0.2, 0.25) is 0 Å². The topological polar surface area (TPSA) is 75.4 Å². The quantitative estimate of drug-likeness (QED) is 0.808. The van der Waals surface area contributed by atoms with Gasteiger partial charge < -0.3 is 16.0 Å². The summed E-state index contributed by atoms with van der Waals surface area (Å²) in [7, 11) is 0. The molecule has 1 unspecified atom stereocenters. The Morgan fingerprint density at radius 3 is 2.11 bits per heavy atom. The lowest BCUT2D eigenvalue weighted by Crippen LogP contribution is -2.53. The molecule has 6 heteroatoms. The van der Waals surface area contributed by atoms with Crippen LogP contribution < -0.4 is 11.1 Å². The summed E-state index contributed by atoms with van der Waals surface area (Å²) in [6.45, 7) is 7.11. The lowest BCUT2D eigenvalue weighted by atomic mass is 10.0. The van der Waals surface area contributed by atoms with Crippen molar-refractivity contribution >= 4 is 24.2 Å². The number of hydrogen-bond acceptors (Lipinski definition) is 3. The minimum atomic E-state index is -0.554. The molecule has 2 amide bonds. The minimum absolute atomic E-state index is 0. The molecule has 1 aliphatic rings. The van der Waals surface area contributed by atoms with E-state index in [-0.39, 0.29) is 30.1 Å². The van der Waals surface area contributed by atoms with Gasteiger partial charge in [0.2, 0.25) is 11.8 Å². The number of carbonyl (C=O) groups is 2. The van der Waals surface area contributed by atoms with Crippen LogP contribution in [0.4, 0.5) is 0 Å². The number of piperidine rings is 1. The third-order valence-corrected chi connectivity index (χ3v) is 3.42. The number of hydrogen-bond donors (Lipinski definition) is 2. The molecular formula is C13H26ClN3O2. The second-order valence-corrected chi connectivity index (χ2v) is 5.39. The van der Waals surface area contributed by atoms with Crippen molar-refractivity contribution in [2.75, 3.05) is 13.1 Å². The first-order valence-corrected chi connectivity index (χ1v) is 6.78. The molecule has 112 valence electrons. The number of amides is 2. The van der Waals surface area contributed by atoms with Gasteiger partial charge >= 0.3 is 0 Å². The van der Waals surface area contributed by atoms with Crippen LogP contribution in [0, 0.1) is 5.92 Å². The van der Waals surface area contributed by atoms with Gasteiger partial charge in [-0.15, -0.1) is 12.4 Å². The summed E-state index contributed by atoms with van der Waals surface area (Å²) in [6, 6.07) is -1.04. The zero-order valence-electron chi connectivity index (χ0n) is 12.0. The normalized spacial score (nSPS) is 18.5. The highest BCUT2D eigenvalue weighted by atomic mass is 35.5. The SMILES string of the molecule is CC(NC(=O)[C@@H](N)C(C)C)C(=O)N1CCCCC1.Cl. The zero-order valence-corrected chi connectivity index (χ0v) is 12.8. The number of halogens is 1. The molecule has 1 heterocycles. The van der Waals surface area contributed by atoms with E-state index in [4.69, 9.17) is 5.73 Å². The monoisotopic (exact) mass is 291 g/mol. The molecule has 5 nitrogen and oxygen atoms in total. The summed E-state index contributed by atoms with van der Waals surface area (Å²) in [5, 5.41) is 2.70. The van der Waals surface area contributed by atoms with Crippen molar-refractivity contribution in [2.45, 2.75) is 52.1 Å². The van der Waals surface area contributed by atoms with E-state index in [1.165, 1.54) is 6.42 Å². The molecule has 0 aromatic rings. The van der Waals surface area contributed by atoms with Crippen LogP contribution in [0.25, 0.3) is 0 Å². The van der Waals surface area contributed by atoms with E-state index in [9.17, 15) is 9.59 Å². The predicted molar refractivity (Wildman–Crippen MR) is 78.1 cm³/mol.